The normalized spacial score (nSPS) is 12.5. The van der Waals surface area contributed by atoms with Crippen LogP contribution in [0.1, 0.15) is 31.3 Å². The number of rotatable bonds is 6. The Hall–Kier alpha value is -2.33. The van der Waals surface area contributed by atoms with E-state index in [2.05, 4.69) is 36.6 Å². The maximum atomic E-state index is 5.98. The molecule has 0 saturated heterocycles. The molecule has 1 atom stereocenters. The molecule has 0 saturated carbocycles. The van der Waals surface area contributed by atoms with Gasteiger partial charge in [0, 0.05) is 12.6 Å². The van der Waals surface area contributed by atoms with Crippen LogP contribution in [0.2, 0.25) is 0 Å². The maximum absolute atomic E-state index is 5.98. The Balaban J connectivity index is 1.89. The molecule has 0 amide bonds. The van der Waals surface area contributed by atoms with E-state index in [0.29, 0.717) is 13.2 Å². The SMILES string of the molecule is CCc1cccc(OCc2nc3ccccc3n2C(C)CN)c1. The molecule has 0 bridgehead atoms. The average Bonchev–Trinajstić information content (AvgIpc) is 2.98. The van der Waals surface area contributed by atoms with Gasteiger partial charge in [-0.2, -0.15) is 0 Å². The van der Waals surface area contributed by atoms with Crippen LogP contribution in [0, 0.1) is 0 Å². The van der Waals surface area contributed by atoms with E-state index in [9.17, 15) is 0 Å². The zero-order valence-corrected chi connectivity index (χ0v) is 13.7. The molecule has 4 nitrogen and oxygen atoms in total. The first-order valence-electron chi connectivity index (χ1n) is 8.10. The average molecular weight is 309 g/mol. The standard InChI is InChI=1S/C19H23N3O/c1-3-15-7-6-8-16(11-15)23-13-19-21-17-9-4-5-10-18(17)22(19)14(2)12-20/h4-11,14H,3,12-13,20H2,1-2H3. The van der Waals surface area contributed by atoms with Crippen molar-refractivity contribution in [2.24, 2.45) is 5.73 Å². The van der Waals surface area contributed by atoms with Crippen molar-refractivity contribution in [2.45, 2.75) is 32.9 Å². The third-order valence-electron chi connectivity index (χ3n) is 4.13. The molecule has 3 aromatic rings. The molecule has 0 aliphatic carbocycles. The predicted octanol–water partition coefficient (Wildman–Crippen LogP) is 3.70. The first-order chi connectivity index (χ1) is 11.2. The van der Waals surface area contributed by atoms with Crippen molar-refractivity contribution >= 4 is 11.0 Å². The number of hydrogen-bond donors (Lipinski definition) is 1. The molecule has 23 heavy (non-hydrogen) atoms. The van der Waals surface area contributed by atoms with Gasteiger partial charge in [0.1, 0.15) is 18.2 Å². The van der Waals surface area contributed by atoms with Crippen molar-refractivity contribution in [3.05, 3.63) is 59.9 Å². The highest BCUT2D eigenvalue weighted by molar-refractivity contribution is 5.76. The van der Waals surface area contributed by atoms with Gasteiger partial charge in [-0.25, -0.2) is 4.98 Å². The van der Waals surface area contributed by atoms with E-state index in [1.807, 2.05) is 30.3 Å². The van der Waals surface area contributed by atoms with Crippen LogP contribution in [-0.2, 0) is 13.0 Å². The van der Waals surface area contributed by atoms with Gasteiger partial charge in [0.15, 0.2) is 0 Å². The molecule has 2 aromatic carbocycles. The summed E-state index contributed by atoms with van der Waals surface area (Å²) in [6.45, 7) is 5.25. The molecule has 120 valence electrons. The van der Waals surface area contributed by atoms with Crippen molar-refractivity contribution in [3.8, 4) is 5.75 Å². The van der Waals surface area contributed by atoms with Crippen LogP contribution in [0.25, 0.3) is 11.0 Å². The summed E-state index contributed by atoms with van der Waals surface area (Å²) in [6.07, 6.45) is 1.000. The highest BCUT2D eigenvalue weighted by Crippen LogP contribution is 2.22. The number of ether oxygens (including phenoxy) is 1. The van der Waals surface area contributed by atoms with Crippen LogP contribution in [-0.4, -0.2) is 16.1 Å². The van der Waals surface area contributed by atoms with E-state index in [-0.39, 0.29) is 6.04 Å². The highest BCUT2D eigenvalue weighted by Gasteiger charge is 2.15. The fourth-order valence-electron chi connectivity index (χ4n) is 2.80. The minimum absolute atomic E-state index is 0.183. The molecule has 1 unspecified atom stereocenters. The minimum atomic E-state index is 0.183. The van der Waals surface area contributed by atoms with Gasteiger partial charge < -0.3 is 15.0 Å². The minimum Gasteiger partial charge on any atom is -0.486 e. The molecule has 0 radical (unpaired) electrons. The molecule has 0 fully saturated rings. The van der Waals surface area contributed by atoms with Gasteiger partial charge in [0.2, 0.25) is 0 Å². The number of benzene rings is 2. The van der Waals surface area contributed by atoms with Gasteiger partial charge in [-0.3, -0.25) is 0 Å². The summed E-state index contributed by atoms with van der Waals surface area (Å²) in [4.78, 5) is 4.72. The molecule has 1 heterocycles. The largest absolute Gasteiger partial charge is 0.486 e. The van der Waals surface area contributed by atoms with Crippen LogP contribution >= 0.6 is 0 Å². The van der Waals surface area contributed by atoms with E-state index < -0.39 is 0 Å². The van der Waals surface area contributed by atoms with Crippen molar-refractivity contribution in [3.63, 3.8) is 0 Å². The van der Waals surface area contributed by atoms with Crippen molar-refractivity contribution in [1.82, 2.24) is 9.55 Å². The Morgan fingerprint density at radius 3 is 2.78 bits per heavy atom. The van der Waals surface area contributed by atoms with Crippen LogP contribution in [0.5, 0.6) is 5.75 Å². The molecular weight excluding hydrogens is 286 g/mol. The summed E-state index contributed by atoms with van der Waals surface area (Å²) in [6, 6.07) is 16.5. The molecule has 0 aliphatic rings. The number of nitrogens with two attached hydrogens (primary N) is 1. The number of nitrogens with zero attached hydrogens (tertiary/aromatic N) is 2. The Morgan fingerprint density at radius 2 is 2.00 bits per heavy atom. The summed E-state index contributed by atoms with van der Waals surface area (Å²) in [5.74, 6) is 1.79. The fraction of sp³-hybridized carbons (Fsp3) is 0.316. The van der Waals surface area contributed by atoms with Gasteiger partial charge >= 0.3 is 0 Å². The number of fused-ring (bicyclic) bond motifs is 1. The van der Waals surface area contributed by atoms with Crippen molar-refractivity contribution < 1.29 is 4.74 Å². The number of para-hydroxylation sites is 2. The van der Waals surface area contributed by atoms with Gasteiger partial charge in [-0.15, -0.1) is 0 Å². The molecular formula is C19H23N3O. The summed E-state index contributed by atoms with van der Waals surface area (Å²) < 4.78 is 8.15. The number of imidazole rings is 1. The first-order valence-corrected chi connectivity index (χ1v) is 8.10. The number of aromatic nitrogens is 2. The van der Waals surface area contributed by atoms with Crippen molar-refractivity contribution in [1.29, 1.82) is 0 Å². The molecule has 0 spiro atoms. The highest BCUT2D eigenvalue weighted by atomic mass is 16.5. The van der Waals surface area contributed by atoms with E-state index in [4.69, 9.17) is 15.5 Å². The van der Waals surface area contributed by atoms with E-state index >= 15 is 0 Å². The van der Waals surface area contributed by atoms with Crippen LogP contribution < -0.4 is 10.5 Å². The summed E-state index contributed by atoms with van der Waals surface area (Å²) in [7, 11) is 0. The zero-order chi connectivity index (χ0) is 16.2. The van der Waals surface area contributed by atoms with Crippen LogP contribution in [0.15, 0.2) is 48.5 Å². The fourth-order valence-corrected chi connectivity index (χ4v) is 2.80. The summed E-state index contributed by atoms with van der Waals surface area (Å²) >= 11 is 0. The predicted molar refractivity (Wildman–Crippen MR) is 93.7 cm³/mol. The van der Waals surface area contributed by atoms with E-state index in [1.54, 1.807) is 0 Å². The summed E-state index contributed by atoms with van der Waals surface area (Å²) in [5.41, 5.74) is 9.23. The smallest absolute Gasteiger partial charge is 0.148 e. The zero-order valence-electron chi connectivity index (χ0n) is 13.7. The second kappa shape index (κ2) is 6.84. The Labute approximate surface area is 136 Å². The number of aryl methyl sites for hydroxylation is 1. The Morgan fingerprint density at radius 1 is 1.17 bits per heavy atom. The third kappa shape index (κ3) is 3.22. The topological polar surface area (TPSA) is 53.1 Å². The van der Waals surface area contributed by atoms with Crippen LogP contribution in [0.3, 0.4) is 0 Å². The lowest BCUT2D eigenvalue weighted by molar-refractivity contribution is 0.286. The third-order valence-corrected chi connectivity index (χ3v) is 4.13. The number of hydrogen-bond acceptors (Lipinski definition) is 3. The van der Waals surface area contributed by atoms with Gasteiger partial charge in [0.05, 0.1) is 11.0 Å². The first kappa shape index (κ1) is 15.6. The van der Waals surface area contributed by atoms with Gasteiger partial charge in [-0.05, 0) is 43.2 Å². The Kier molecular flexibility index (Phi) is 4.63. The van der Waals surface area contributed by atoms with E-state index in [0.717, 1.165) is 29.0 Å². The quantitative estimate of drug-likeness (QED) is 0.755. The lowest BCUT2D eigenvalue weighted by atomic mass is 10.2. The Bertz CT molecular complexity index is 794. The van der Waals surface area contributed by atoms with Gasteiger partial charge in [-0.1, -0.05) is 31.2 Å². The molecule has 0 aliphatic heterocycles. The molecule has 1 aromatic heterocycles. The van der Waals surface area contributed by atoms with Gasteiger partial charge in [0.25, 0.3) is 0 Å². The molecule has 2 N–H and O–H groups in total. The van der Waals surface area contributed by atoms with Crippen LogP contribution in [0.4, 0.5) is 0 Å². The molecule has 4 heteroatoms. The lowest BCUT2D eigenvalue weighted by Gasteiger charge is -2.16. The summed E-state index contributed by atoms with van der Waals surface area (Å²) in [5, 5.41) is 0. The second-order valence-corrected chi connectivity index (χ2v) is 5.76. The van der Waals surface area contributed by atoms with E-state index in [1.165, 1.54) is 5.56 Å². The molecule has 3 rings (SSSR count). The van der Waals surface area contributed by atoms with Crippen molar-refractivity contribution in [2.75, 3.05) is 6.54 Å². The lowest BCUT2D eigenvalue weighted by Crippen LogP contribution is -2.19. The monoisotopic (exact) mass is 309 g/mol. The maximum Gasteiger partial charge on any atom is 0.148 e. The second-order valence-electron chi connectivity index (χ2n) is 5.76.